The molecule has 0 unspecified atom stereocenters. The van der Waals surface area contributed by atoms with Gasteiger partial charge in [0.2, 0.25) is 0 Å². The first-order chi connectivity index (χ1) is 9.82. The number of benzene rings is 1. The highest BCUT2D eigenvalue weighted by molar-refractivity contribution is 5.88. The Balaban J connectivity index is 2.35. The molecule has 0 aliphatic heterocycles. The Morgan fingerprint density at radius 3 is 2.71 bits per heavy atom. The maximum atomic E-state index is 12.6. The van der Waals surface area contributed by atoms with E-state index in [0.717, 1.165) is 16.8 Å². The monoisotopic (exact) mass is 300 g/mol. The molecule has 1 heterocycles. The standard InChI is InChI=1S/C13H11F3N2O3/c1-21-10-6-17-18(11(10)12(19)20)7-8-3-2-4-9(5-8)13(14,15)16/h2-6H,7H2,1H3,(H,19,20). The summed E-state index contributed by atoms with van der Waals surface area (Å²) >= 11 is 0. The molecule has 0 aliphatic rings. The third-order valence-electron chi connectivity index (χ3n) is 2.82. The number of aromatic nitrogens is 2. The van der Waals surface area contributed by atoms with Crippen LogP contribution in [-0.2, 0) is 12.7 Å². The molecule has 2 aromatic rings. The average molecular weight is 300 g/mol. The molecular formula is C13H11F3N2O3. The van der Waals surface area contributed by atoms with Gasteiger partial charge in [-0.3, -0.25) is 4.68 Å². The van der Waals surface area contributed by atoms with E-state index in [-0.39, 0.29) is 23.6 Å². The fraction of sp³-hybridized carbons (Fsp3) is 0.231. The number of hydrogen-bond donors (Lipinski definition) is 1. The first-order valence-electron chi connectivity index (χ1n) is 5.82. The van der Waals surface area contributed by atoms with E-state index < -0.39 is 17.7 Å². The van der Waals surface area contributed by atoms with Crippen molar-refractivity contribution in [2.45, 2.75) is 12.7 Å². The highest BCUT2D eigenvalue weighted by Gasteiger charge is 2.30. The molecular weight excluding hydrogens is 289 g/mol. The van der Waals surface area contributed by atoms with Crippen LogP contribution in [0.5, 0.6) is 5.75 Å². The van der Waals surface area contributed by atoms with E-state index in [9.17, 15) is 18.0 Å². The number of hydrogen-bond acceptors (Lipinski definition) is 3. The van der Waals surface area contributed by atoms with Crippen molar-refractivity contribution < 1.29 is 27.8 Å². The van der Waals surface area contributed by atoms with Crippen LogP contribution in [0.15, 0.2) is 30.5 Å². The molecule has 1 aromatic heterocycles. The molecule has 0 amide bonds. The molecule has 0 saturated heterocycles. The lowest BCUT2D eigenvalue weighted by Crippen LogP contribution is -2.12. The Labute approximate surface area is 117 Å². The van der Waals surface area contributed by atoms with Crippen LogP contribution >= 0.6 is 0 Å². The Morgan fingerprint density at radius 1 is 1.43 bits per heavy atom. The van der Waals surface area contributed by atoms with Crippen molar-refractivity contribution >= 4 is 5.97 Å². The summed E-state index contributed by atoms with van der Waals surface area (Å²) in [7, 11) is 1.29. The van der Waals surface area contributed by atoms with Gasteiger partial charge in [-0.15, -0.1) is 0 Å². The first-order valence-corrected chi connectivity index (χ1v) is 5.82. The van der Waals surface area contributed by atoms with Crippen molar-refractivity contribution in [2.75, 3.05) is 7.11 Å². The topological polar surface area (TPSA) is 64.4 Å². The number of methoxy groups -OCH3 is 1. The summed E-state index contributed by atoms with van der Waals surface area (Å²) in [6, 6.07) is 4.64. The molecule has 0 bridgehead atoms. The van der Waals surface area contributed by atoms with Crippen molar-refractivity contribution in [3.8, 4) is 5.75 Å². The van der Waals surface area contributed by atoms with E-state index in [1.807, 2.05) is 0 Å². The van der Waals surface area contributed by atoms with E-state index >= 15 is 0 Å². The summed E-state index contributed by atoms with van der Waals surface area (Å²) < 4.78 is 43.8. The summed E-state index contributed by atoms with van der Waals surface area (Å²) in [4.78, 5) is 11.2. The fourth-order valence-electron chi connectivity index (χ4n) is 1.87. The van der Waals surface area contributed by atoms with Crippen molar-refractivity contribution in [1.29, 1.82) is 0 Å². The minimum atomic E-state index is -4.45. The molecule has 0 saturated carbocycles. The normalized spacial score (nSPS) is 11.4. The molecule has 0 aliphatic carbocycles. The van der Waals surface area contributed by atoms with Gasteiger partial charge in [-0.25, -0.2) is 4.79 Å². The van der Waals surface area contributed by atoms with Crippen LogP contribution in [0.25, 0.3) is 0 Å². The molecule has 2 rings (SSSR count). The van der Waals surface area contributed by atoms with Crippen molar-refractivity contribution in [3.63, 3.8) is 0 Å². The minimum Gasteiger partial charge on any atom is -0.493 e. The highest BCUT2D eigenvalue weighted by Crippen LogP contribution is 2.30. The van der Waals surface area contributed by atoms with Gasteiger partial charge in [-0.2, -0.15) is 18.3 Å². The molecule has 5 nitrogen and oxygen atoms in total. The highest BCUT2D eigenvalue weighted by atomic mass is 19.4. The molecule has 112 valence electrons. The summed E-state index contributed by atoms with van der Waals surface area (Å²) in [5.74, 6) is -1.22. The lowest BCUT2D eigenvalue weighted by atomic mass is 10.1. The van der Waals surface area contributed by atoms with Crippen LogP contribution in [0.4, 0.5) is 13.2 Å². The summed E-state index contributed by atoms with van der Waals surface area (Å²) in [6.45, 7) is -0.102. The Hall–Kier alpha value is -2.51. The van der Waals surface area contributed by atoms with Crippen molar-refractivity contribution in [2.24, 2.45) is 0 Å². The Morgan fingerprint density at radius 2 is 2.14 bits per heavy atom. The van der Waals surface area contributed by atoms with Gasteiger partial charge in [0.1, 0.15) is 0 Å². The fourth-order valence-corrected chi connectivity index (χ4v) is 1.87. The quantitative estimate of drug-likeness (QED) is 0.943. The zero-order valence-corrected chi connectivity index (χ0v) is 10.9. The SMILES string of the molecule is COc1cnn(Cc2cccc(C(F)(F)F)c2)c1C(=O)O. The van der Waals surface area contributed by atoms with Crippen LogP contribution in [0.2, 0.25) is 0 Å². The number of aromatic carboxylic acids is 1. The predicted octanol–water partition coefficient (Wildman–Crippen LogP) is 2.66. The smallest absolute Gasteiger partial charge is 0.416 e. The minimum absolute atomic E-state index is 0.0504. The number of carboxylic acids is 1. The third kappa shape index (κ3) is 3.15. The number of alkyl halides is 3. The van der Waals surface area contributed by atoms with Gasteiger partial charge >= 0.3 is 12.1 Å². The van der Waals surface area contributed by atoms with Gasteiger partial charge in [0, 0.05) is 0 Å². The Bertz CT molecular complexity index is 665. The number of halogens is 3. The van der Waals surface area contributed by atoms with Gasteiger partial charge < -0.3 is 9.84 Å². The Kier molecular flexibility index (Phi) is 3.88. The largest absolute Gasteiger partial charge is 0.493 e. The van der Waals surface area contributed by atoms with Gasteiger partial charge in [-0.1, -0.05) is 12.1 Å². The zero-order chi connectivity index (χ0) is 15.6. The van der Waals surface area contributed by atoms with Gasteiger partial charge in [-0.05, 0) is 17.7 Å². The number of carboxylic acid groups (broad SMARTS) is 1. The second-order valence-corrected chi connectivity index (χ2v) is 4.22. The van der Waals surface area contributed by atoms with Gasteiger partial charge in [0.05, 0.1) is 25.4 Å². The van der Waals surface area contributed by atoms with Crippen LogP contribution in [0, 0.1) is 0 Å². The molecule has 0 fully saturated rings. The molecule has 0 radical (unpaired) electrons. The van der Waals surface area contributed by atoms with Crippen molar-refractivity contribution in [1.82, 2.24) is 9.78 Å². The van der Waals surface area contributed by atoms with Crippen LogP contribution < -0.4 is 4.74 Å². The lowest BCUT2D eigenvalue weighted by Gasteiger charge is -2.10. The first kappa shape index (κ1) is 14.9. The van der Waals surface area contributed by atoms with E-state index in [0.29, 0.717) is 0 Å². The van der Waals surface area contributed by atoms with E-state index in [4.69, 9.17) is 9.84 Å². The maximum absolute atomic E-state index is 12.6. The van der Waals surface area contributed by atoms with Gasteiger partial charge in [0.15, 0.2) is 11.4 Å². The molecule has 8 heteroatoms. The van der Waals surface area contributed by atoms with Crippen LogP contribution in [0.3, 0.4) is 0 Å². The number of ether oxygens (including phenoxy) is 1. The third-order valence-corrected chi connectivity index (χ3v) is 2.82. The molecule has 1 N–H and O–H groups in total. The zero-order valence-electron chi connectivity index (χ0n) is 10.9. The molecule has 0 spiro atoms. The van der Waals surface area contributed by atoms with Crippen LogP contribution in [-0.4, -0.2) is 28.0 Å². The maximum Gasteiger partial charge on any atom is 0.416 e. The number of rotatable bonds is 4. The molecule has 21 heavy (non-hydrogen) atoms. The van der Waals surface area contributed by atoms with Crippen LogP contribution in [0.1, 0.15) is 21.6 Å². The van der Waals surface area contributed by atoms with E-state index in [2.05, 4.69) is 5.10 Å². The molecule has 1 aromatic carbocycles. The number of carbonyl (C=O) groups is 1. The average Bonchev–Trinajstić information content (AvgIpc) is 2.81. The predicted molar refractivity (Wildman–Crippen MR) is 66.3 cm³/mol. The van der Waals surface area contributed by atoms with E-state index in [1.54, 1.807) is 0 Å². The number of nitrogens with zero attached hydrogens (tertiary/aromatic N) is 2. The van der Waals surface area contributed by atoms with Crippen molar-refractivity contribution in [3.05, 3.63) is 47.3 Å². The summed E-state index contributed by atoms with van der Waals surface area (Å²) in [5, 5.41) is 12.9. The lowest BCUT2D eigenvalue weighted by molar-refractivity contribution is -0.137. The van der Waals surface area contributed by atoms with E-state index in [1.165, 1.54) is 25.4 Å². The van der Waals surface area contributed by atoms with Gasteiger partial charge in [0.25, 0.3) is 0 Å². The second-order valence-electron chi connectivity index (χ2n) is 4.22. The second kappa shape index (κ2) is 5.47. The summed E-state index contributed by atoms with van der Waals surface area (Å²) in [5.41, 5.74) is -0.719. The molecule has 0 atom stereocenters. The summed E-state index contributed by atoms with van der Waals surface area (Å²) in [6.07, 6.45) is -3.25.